The quantitative estimate of drug-likeness (QED) is 0.631. The number of nitrogens with one attached hydrogen (secondary N) is 1. The van der Waals surface area contributed by atoms with Gasteiger partial charge in [0.2, 0.25) is 0 Å². The van der Waals surface area contributed by atoms with Crippen LogP contribution >= 0.6 is 0 Å². The van der Waals surface area contributed by atoms with E-state index in [-0.39, 0.29) is 0 Å². The lowest BCUT2D eigenvalue weighted by molar-refractivity contribution is 0.200. The first kappa shape index (κ1) is 11.5. The second kappa shape index (κ2) is 7.19. The van der Waals surface area contributed by atoms with Crippen molar-refractivity contribution in [3.63, 3.8) is 0 Å². The molecule has 13 heavy (non-hydrogen) atoms. The number of carboxylic acid groups (broad SMARTS) is 1. The molecule has 0 saturated carbocycles. The average Bonchev–Trinajstić information content (AvgIpc) is 2.06. The summed E-state index contributed by atoms with van der Waals surface area (Å²) in [5, 5.41) is 7.58. The lowest BCUT2D eigenvalue weighted by atomic mass is 10.5. The van der Waals surface area contributed by atoms with Crippen LogP contribution in [0.25, 0.3) is 0 Å². The molecule has 1 amide bonds. The van der Waals surface area contributed by atoms with E-state index in [0.717, 1.165) is 4.72 Å². The minimum absolute atomic E-state index is 1.14. The third kappa shape index (κ3) is 10.5. The van der Waals surface area contributed by atoms with Crippen molar-refractivity contribution >= 4 is 17.4 Å². The van der Waals surface area contributed by atoms with Crippen LogP contribution in [0, 0.1) is 0 Å². The summed E-state index contributed by atoms with van der Waals surface area (Å²) in [5.41, 5.74) is 0. The van der Waals surface area contributed by atoms with Gasteiger partial charge in [0, 0.05) is 23.7 Å². The second-order valence-electron chi connectivity index (χ2n) is 1.67. The summed E-state index contributed by atoms with van der Waals surface area (Å²) in [5.74, 6) is 0. The number of amides is 1. The van der Waals surface area contributed by atoms with Gasteiger partial charge in [-0.15, -0.1) is 0 Å². The van der Waals surface area contributed by atoms with Crippen LogP contribution < -0.4 is 4.72 Å². The number of hydrogen-bond donors (Lipinski definition) is 2. The van der Waals surface area contributed by atoms with Crippen molar-refractivity contribution in [3.05, 3.63) is 30.6 Å². The fourth-order valence-electron chi connectivity index (χ4n) is 0.384. The fourth-order valence-corrected chi connectivity index (χ4v) is 0.526. The van der Waals surface area contributed by atoms with Crippen LogP contribution in [0.15, 0.2) is 30.6 Å². The molecule has 0 radical (unpaired) electrons. The van der Waals surface area contributed by atoms with Gasteiger partial charge in [-0.05, 0) is 12.1 Å². The van der Waals surface area contributed by atoms with E-state index in [9.17, 15) is 13.6 Å². The number of aromatic nitrogens is 1. The minimum atomic E-state index is -2.70. The molecule has 0 aliphatic rings. The summed E-state index contributed by atoms with van der Waals surface area (Å²) in [6.45, 7) is 0. The van der Waals surface area contributed by atoms with E-state index >= 15 is 0 Å². The topological polar surface area (TPSA) is 102 Å². The lowest BCUT2D eigenvalue weighted by Crippen LogP contribution is -2.22. The van der Waals surface area contributed by atoms with Crippen LogP contribution in [0.1, 0.15) is 0 Å². The first-order chi connectivity index (χ1) is 6.13. The van der Waals surface area contributed by atoms with Crippen molar-refractivity contribution in [1.82, 2.24) is 9.71 Å². The number of carbonyl (C=O) groups is 1. The maximum absolute atomic E-state index is 9.32. The van der Waals surface area contributed by atoms with E-state index in [4.69, 9.17) is 5.11 Å². The van der Waals surface area contributed by atoms with Crippen LogP contribution in [0.5, 0.6) is 0 Å². The molecule has 0 spiro atoms. The van der Waals surface area contributed by atoms with Crippen molar-refractivity contribution in [1.29, 1.82) is 0 Å². The van der Waals surface area contributed by atoms with Crippen LogP contribution in [0.2, 0.25) is 0 Å². The zero-order valence-corrected chi connectivity index (χ0v) is 7.23. The van der Waals surface area contributed by atoms with Crippen LogP contribution in [0.4, 0.5) is 4.79 Å². The van der Waals surface area contributed by atoms with Crippen LogP contribution in [-0.4, -0.2) is 24.9 Å². The Labute approximate surface area is 77.0 Å². The Morgan fingerprint density at radius 3 is 2.00 bits per heavy atom. The monoisotopic (exact) mass is 203 g/mol. The van der Waals surface area contributed by atoms with Crippen molar-refractivity contribution in [2.24, 2.45) is 0 Å². The van der Waals surface area contributed by atoms with Gasteiger partial charge in [0.15, 0.2) is 0 Å². The van der Waals surface area contributed by atoms with Crippen molar-refractivity contribution in [2.45, 2.75) is 0 Å². The first-order valence-corrected chi connectivity index (χ1v) is 4.14. The summed E-state index contributed by atoms with van der Waals surface area (Å²) >= 11 is -2.70. The molecule has 72 valence electrons. The summed E-state index contributed by atoms with van der Waals surface area (Å²) < 4.78 is 19.8. The van der Waals surface area contributed by atoms with Crippen LogP contribution in [-0.2, 0) is 11.3 Å². The molecule has 0 aliphatic carbocycles. The highest BCUT2D eigenvalue weighted by molar-refractivity contribution is 7.77. The molecule has 7 heteroatoms. The molecular weight excluding hydrogens is 196 g/mol. The summed E-state index contributed by atoms with van der Waals surface area (Å²) in [6, 6.07) is 5.72. The maximum Gasteiger partial charge on any atom is 0.415 e. The molecule has 1 atom stereocenters. The third-order valence-corrected chi connectivity index (χ3v) is 1.08. The van der Waals surface area contributed by atoms with E-state index in [0.29, 0.717) is 0 Å². The molecule has 0 aliphatic heterocycles. The predicted molar refractivity (Wildman–Crippen MR) is 44.3 cm³/mol. The Bertz CT molecular complexity index is 228. The molecule has 1 rings (SSSR count). The van der Waals surface area contributed by atoms with Gasteiger partial charge in [-0.2, -0.15) is 0 Å². The van der Waals surface area contributed by atoms with Gasteiger partial charge < -0.3 is 9.66 Å². The molecule has 6 nitrogen and oxygen atoms in total. The molecule has 1 aromatic heterocycles. The molecular formula is C6H7N2O4S-. The number of nitrogens with zero attached hydrogens (tertiary/aromatic N) is 1. The number of rotatable bonds is 1. The molecule has 2 N–H and O–H groups in total. The van der Waals surface area contributed by atoms with Gasteiger partial charge in [0.05, 0.1) is 0 Å². The standard InChI is InChI=1S/C5H5N.CH3NO4S/c1-2-4-6-5-3-1;3-1(4)2-7(5)6/h1-5H;2H,(H,3,4)(H,5,6)/p-1. The smallest absolute Gasteiger partial charge is 0.415 e. The Hall–Kier alpha value is -1.47. The van der Waals surface area contributed by atoms with E-state index in [1.807, 2.05) is 18.2 Å². The normalized spacial score (nSPS) is 10.5. The third-order valence-electron chi connectivity index (χ3n) is 0.737. The number of pyridine rings is 1. The second-order valence-corrected chi connectivity index (χ2v) is 2.34. The highest BCUT2D eigenvalue weighted by Gasteiger charge is 1.87. The minimum Gasteiger partial charge on any atom is -0.755 e. The van der Waals surface area contributed by atoms with Crippen LogP contribution in [0.3, 0.4) is 0 Å². The van der Waals surface area contributed by atoms with E-state index in [1.165, 1.54) is 0 Å². The summed E-state index contributed by atoms with van der Waals surface area (Å²) in [4.78, 5) is 13.1. The summed E-state index contributed by atoms with van der Waals surface area (Å²) in [6.07, 6.45) is 1.92. The predicted octanol–water partition coefficient (Wildman–Crippen LogP) is 0.130. The molecule has 1 aromatic rings. The molecule has 1 unspecified atom stereocenters. The van der Waals surface area contributed by atoms with E-state index < -0.39 is 17.4 Å². The van der Waals surface area contributed by atoms with Crippen molar-refractivity contribution in [2.75, 3.05) is 0 Å². The SMILES string of the molecule is O=C(O)NS(=O)[O-].c1ccncc1. The Kier molecular flexibility index (Phi) is 6.38. The molecule has 0 fully saturated rings. The van der Waals surface area contributed by atoms with Gasteiger partial charge in [0.1, 0.15) is 0 Å². The highest BCUT2D eigenvalue weighted by Crippen LogP contribution is 1.73. The zero-order chi connectivity index (χ0) is 10.1. The van der Waals surface area contributed by atoms with Gasteiger partial charge in [0.25, 0.3) is 0 Å². The van der Waals surface area contributed by atoms with Crippen molar-refractivity contribution < 1.29 is 18.7 Å². The van der Waals surface area contributed by atoms with Gasteiger partial charge >= 0.3 is 6.09 Å². The van der Waals surface area contributed by atoms with Gasteiger partial charge in [-0.25, -0.2) is 4.79 Å². The van der Waals surface area contributed by atoms with E-state index in [2.05, 4.69) is 4.98 Å². The van der Waals surface area contributed by atoms with Crippen molar-refractivity contribution in [3.8, 4) is 0 Å². The number of hydrogen-bond acceptors (Lipinski definition) is 4. The molecule has 1 heterocycles. The molecule has 0 bridgehead atoms. The first-order valence-electron chi connectivity index (χ1n) is 3.06. The Morgan fingerprint density at radius 2 is 1.92 bits per heavy atom. The van der Waals surface area contributed by atoms with Gasteiger partial charge in [-0.3, -0.25) is 13.9 Å². The Balaban J connectivity index is 0.000000223. The zero-order valence-electron chi connectivity index (χ0n) is 6.41. The average molecular weight is 203 g/mol. The Morgan fingerprint density at radius 1 is 1.38 bits per heavy atom. The van der Waals surface area contributed by atoms with Gasteiger partial charge in [-0.1, -0.05) is 6.07 Å². The highest BCUT2D eigenvalue weighted by atomic mass is 32.2. The van der Waals surface area contributed by atoms with E-state index in [1.54, 1.807) is 12.4 Å². The lowest BCUT2D eigenvalue weighted by Gasteiger charge is -1.99. The maximum atomic E-state index is 9.32. The molecule has 0 saturated heterocycles. The largest absolute Gasteiger partial charge is 0.755 e. The fraction of sp³-hybridized carbons (Fsp3) is 0. The molecule has 0 aromatic carbocycles. The summed E-state index contributed by atoms with van der Waals surface area (Å²) in [7, 11) is 0.